The van der Waals surface area contributed by atoms with Crippen molar-refractivity contribution < 1.29 is 13.6 Å². The average Bonchev–Trinajstić information content (AvgIpc) is 2.31. The van der Waals surface area contributed by atoms with Crippen molar-refractivity contribution in [2.45, 2.75) is 25.9 Å². The molecule has 0 spiro atoms. The fraction of sp³-hybridized carbons (Fsp3) is 0.462. The van der Waals surface area contributed by atoms with Crippen LogP contribution in [0.1, 0.15) is 19.4 Å². The summed E-state index contributed by atoms with van der Waals surface area (Å²) in [6, 6.07) is 3.34. The van der Waals surface area contributed by atoms with E-state index in [1.54, 1.807) is 27.9 Å². The predicted octanol–water partition coefficient (Wildman–Crippen LogP) is 1.92. The maximum absolute atomic E-state index is 13.5. The molecule has 3 nitrogen and oxygen atoms in total. The molecule has 0 unspecified atom stereocenters. The van der Waals surface area contributed by atoms with Gasteiger partial charge in [-0.3, -0.25) is 4.79 Å². The molecular weight excluding hydrogens is 238 g/mol. The van der Waals surface area contributed by atoms with E-state index in [-0.39, 0.29) is 12.5 Å². The van der Waals surface area contributed by atoms with E-state index in [9.17, 15) is 13.6 Å². The topological polar surface area (TPSA) is 32.3 Å². The van der Waals surface area contributed by atoms with Crippen LogP contribution in [0.15, 0.2) is 18.2 Å². The van der Waals surface area contributed by atoms with Gasteiger partial charge in [0.1, 0.15) is 11.6 Å². The highest BCUT2D eigenvalue weighted by Crippen LogP contribution is 2.14. The number of rotatable bonds is 4. The molecule has 1 rings (SSSR count). The molecule has 100 valence electrons. The summed E-state index contributed by atoms with van der Waals surface area (Å²) in [6.45, 7) is 3.59. The van der Waals surface area contributed by atoms with Gasteiger partial charge in [0.05, 0.1) is 5.54 Å². The van der Waals surface area contributed by atoms with Crippen LogP contribution in [0, 0.1) is 11.6 Å². The summed E-state index contributed by atoms with van der Waals surface area (Å²) in [4.78, 5) is 13.5. The minimum atomic E-state index is -0.717. The number of nitrogens with zero attached hydrogens (tertiary/aromatic N) is 1. The summed E-state index contributed by atoms with van der Waals surface area (Å²) in [5.41, 5.74) is -0.426. The molecule has 0 atom stereocenters. The summed E-state index contributed by atoms with van der Waals surface area (Å²) in [6.07, 6.45) is 0. The van der Waals surface area contributed by atoms with Gasteiger partial charge in [0.2, 0.25) is 5.91 Å². The van der Waals surface area contributed by atoms with E-state index in [0.717, 1.165) is 6.07 Å². The highest BCUT2D eigenvalue weighted by Gasteiger charge is 2.28. The van der Waals surface area contributed by atoms with Crippen LogP contribution in [0.4, 0.5) is 8.78 Å². The number of likely N-dealkylation sites (N-methyl/N-ethyl adjacent to an activating group) is 2. The molecule has 0 aliphatic carbocycles. The Hall–Kier alpha value is -1.49. The SMILES string of the molecule is CNC(C)(C)C(=O)N(C)Cc1ccc(F)cc1F. The van der Waals surface area contributed by atoms with E-state index in [1.807, 2.05) is 0 Å². The zero-order valence-electron chi connectivity index (χ0n) is 11.1. The molecule has 1 N–H and O–H groups in total. The van der Waals surface area contributed by atoms with E-state index in [0.29, 0.717) is 5.56 Å². The van der Waals surface area contributed by atoms with Crippen molar-refractivity contribution >= 4 is 5.91 Å². The summed E-state index contributed by atoms with van der Waals surface area (Å²) < 4.78 is 26.2. The van der Waals surface area contributed by atoms with Gasteiger partial charge in [0.25, 0.3) is 0 Å². The zero-order chi connectivity index (χ0) is 13.9. The lowest BCUT2D eigenvalue weighted by atomic mass is 10.0. The van der Waals surface area contributed by atoms with Crippen LogP contribution in [-0.2, 0) is 11.3 Å². The standard InChI is InChI=1S/C13H18F2N2O/c1-13(2,16-3)12(18)17(4)8-9-5-6-10(14)7-11(9)15/h5-7,16H,8H2,1-4H3. The van der Waals surface area contributed by atoms with Gasteiger partial charge in [-0.1, -0.05) is 6.07 Å². The van der Waals surface area contributed by atoms with Crippen LogP contribution >= 0.6 is 0 Å². The van der Waals surface area contributed by atoms with Gasteiger partial charge >= 0.3 is 0 Å². The molecule has 0 saturated carbocycles. The molecule has 0 radical (unpaired) electrons. The molecule has 18 heavy (non-hydrogen) atoms. The molecule has 1 amide bonds. The fourth-order valence-corrected chi connectivity index (χ4v) is 1.56. The van der Waals surface area contributed by atoms with Crippen molar-refractivity contribution in [1.29, 1.82) is 0 Å². The van der Waals surface area contributed by atoms with Crippen LogP contribution in [0.2, 0.25) is 0 Å². The van der Waals surface area contributed by atoms with Gasteiger partial charge < -0.3 is 10.2 Å². The second-order valence-electron chi connectivity index (χ2n) is 4.77. The van der Waals surface area contributed by atoms with Gasteiger partial charge in [-0.15, -0.1) is 0 Å². The molecule has 5 heteroatoms. The van der Waals surface area contributed by atoms with Crippen LogP contribution in [0.5, 0.6) is 0 Å². The number of carbonyl (C=O) groups is 1. The number of benzene rings is 1. The monoisotopic (exact) mass is 256 g/mol. The highest BCUT2D eigenvalue weighted by molar-refractivity contribution is 5.85. The lowest BCUT2D eigenvalue weighted by molar-refractivity contribution is -0.136. The van der Waals surface area contributed by atoms with Gasteiger partial charge in [-0.2, -0.15) is 0 Å². The lowest BCUT2D eigenvalue weighted by Crippen LogP contribution is -2.51. The normalized spacial score (nSPS) is 11.4. The highest BCUT2D eigenvalue weighted by atomic mass is 19.1. The van der Waals surface area contributed by atoms with E-state index in [2.05, 4.69) is 5.32 Å². The summed E-state index contributed by atoms with van der Waals surface area (Å²) in [5, 5.41) is 2.89. The number of hydrogen-bond acceptors (Lipinski definition) is 2. The molecule has 0 aliphatic rings. The Morgan fingerprint density at radius 3 is 2.50 bits per heavy atom. The number of halogens is 2. The Kier molecular flexibility index (Phi) is 4.40. The number of nitrogens with one attached hydrogen (secondary N) is 1. The zero-order valence-corrected chi connectivity index (χ0v) is 11.1. The first kappa shape index (κ1) is 14.6. The Morgan fingerprint density at radius 1 is 1.39 bits per heavy atom. The summed E-state index contributed by atoms with van der Waals surface area (Å²) in [7, 11) is 3.27. The third-order valence-electron chi connectivity index (χ3n) is 2.93. The molecule has 0 aromatic heterocycles. The van der Waals surface area contributed by atoms with Crippen molar-refractivity contribution in [3.05, 3.63) is 35.4 Å². The van der Waals surface area contributed by atoms with E-state index >= 15 is 0 Å². The first-order valence-corrected chi connectivity index (χ1v) is 5.66. The summed E-state index contributed by atoms with van der Waals surface area (Å²) in [5.74, 6) is -1.42. The molecule has 1 aromatic rings. The van der Waals surface area contributed by atoms with E-state index in [4.69, 9.17) is 0 Å². The first-order chi connectivity index (χ1) is 8.27. The third-order valence-corrected chi connectivity index (χ3v) is 2.93. The minimum absolute atomic E-state index is 0.107. The number of carbonyl (C=O) groups excluding carboxylic acids is 1. The van der Waals surface area contributed by atoms with Crippen molar-refractivity contribution in [1.82, 2.24) is 10.2 Å². The second-order valence-corrected chi connectivity index (χ2v) is 4.77. The van der Waals surface area contributed by atoms with E-state index in [1.165, 1.54) is 17.0 Å². The Bertz CT molecular complexity index is 447. The second kappa shape index (κ2) is 5.44. The van der Waals surface area contributed by atoms with Gasteiger partial charge in [-0.25, -0.2) is 8.78 Å². The smallest absolute Gasteiger partial charge is 0.242 e. The molecule has 0 aliphatic heterocycles. The van der Waals surface area contributed by atoms with Crippen molar-refractivity contribution in [3.63, 3.8) is 0 Å². The third kappa shape index (κ3) is 3.26. The maximum atomic E-state index is 13.5. The minimum Gasteiger partial charge on any atom is -0.340 e. The van der Waals surface area contributed by atoms with Gasteiger partial charge in [0.15, 0.2) is 0 Å². The molecule has 0 saturated heterocycles. The Balaban J connectivity index is 2.82. The van der Waals surface area contributed by atoms with Crippen LogP contribution in [0.3, 0.4) is 0 Å². The number of amides is 1. The molecular formula is C13H18F2N2O. The molecule has 0 heterocycles. The van der Waals surface area contributed by atoms with Crippen LogP contribution < -0.4 is 5.32 Å². The largest absolute Gasteiger partial charge is 0.340 e. The Morgan fingerprint density at radius 2 is 2.00 bits per heavy atom. The maximum Gasteiger partial charge on any atom is 0.242 e. The van der Waals surface area contributed by atoms with Gasteiger partial charge in [0, 0.05) is 25.2 Å². The average molecular weight is 256 g/mol. The Labute approximate surface area is 106 Å². The summed E-state index contributed by atoms with van der Waals surface area (Å²) >= 11 is 0. The van der Waals surface area contributed by atoms with E-state index < -0.39 is 17.2 Å². The quantitative estimate of drug-likeness (QED) is 0.892. The number of hydrogen-bond donors (Lipinski definition) is 1. The van der Waals surface area contributed by atoms with Crippen molar-refractivity contribution in [2.75, 3.05) is 14.1 Å². The van der Waals surface area contributed by atoms with Crippen molar-refractivity contribution in [2.24, 2.45) is 0 Å². The van der Waals surface area contributed by atoms with Crippen molar-refractivity contribution in [3.8, 4) is 0 Å². The van der Waals surface area contributed by atoms with Crippen LogP contribution in [0.25, 0.3) is 0 Å². The molecule has 0 bridgehead atoms. The molecule has 1 aromatic carbocycles. The molecule has 0 fully saturated rings. The van der Waals surface area contributed by atoms with Crippen LogP contribution in [-0.4, -0.2) is 30.4 Å². The first-order valence-electron chi connectivity index (χ1n) is 5.66. The van der Waals surface area contributed by atoms with Gasteiger partial charge in [-0.05, 0) is 27.0 Å². The lowest BCUT2D eigenvalue weighted by Gasteiger charge is -2.29. The predicted molar refractivity (Wildman–Crippen MR) is 66.0 cm³/mol. The fourth-order valence-electron chi connectivity index (χ4n) is 1.56.